The molecule has 146 valence electrons. The fraction of sp³-hybridized carbons (Fsp3) is 0.818. The van der Waals surface area contributed by atoms with E-state index in [1.807, 2.05) is 0 Å². The molecular weight excluding hydrogens is 324 g/mol. The SMILES string of the molecule is O=c1c(NC2CCCCCCCC2)c(NC2CCCCCCCC2)c1=O. The van der Waals surface area contributed by atoms with Gasteiger partial charge in [0.15, 0.2) is 0 Å². The summed E-state index contributed by atoms with van der Waals surface area (Å²) in [6.07, 6.45) is 19.8. The Labute approximate surface area is 157 Å². The first-order chi connectivity index (χ1) is 12.8. The summed E-state index contributed by atoms with van der Waals surface area (Å²) < 4.78 is 0. The van der Waals surface area contributed by atoms with Gasteiger partial charge < -0.3 is 10.6 Å². The maximum absolute atomic E-state index is 12.2. The Hall–Kier alpha value is -1.32. The van der Waals surface area contributed by atoms with Crippen LogP contribution in [0.25, 0.3) is 0 Å². The monoisotopic (exact) mass is 360 g/mol. The van der Waals surface area contributed by atoms with Crippen LogP contribution in [0.1, 0.15) is 103 Å². The van der Waals surface area contributed by atoms with E-state index in [0.717, 1.165) is 25.7 Å². The topological polar surface area (TPSA) is 58.2 Å². The van der Waals surface area contributed by atoms with Gasteiger partial charge in [-0.05, 0) is 25.7 Å². The Kier molecular flexibility index (Phi) is 7.57. The number of anilines is 2. The zero-order chi connectivity index (χ0) is 18.2. The summed E-state index contributed by atoms with van der Waals surface area (Å²) >= 11 is 0. The molecule has 2 aliphatic carbocycles. The molecule has 0 bridgehead atoms. The molecule has 26 heavy (non-hydrogen) atoms. The van der Waals surface area contributed by atoms with Gasteiger partial charge in [-0.1, -0.05) is 77.0 Å². The summed E-state index contributed by atoms with van der Waals surface area (Å²) in [5.41, 5.74) is 0.545. The minimum atomic E-state index is -0.310. The molecular formula is C22H36N2O2. The second-order valence-corrected chi connectivity index (χ2v) is 8.49. The standard InChI is InChI=1S/C22H36N2O2/c25-21-19(23-17-13-9-5-1-2-6-10-14-17)20(22(21)26)24-18-15-11-7-3-4-8-12-16-18/h17-18,23-24H,1-16H2. The molecule has 0 aromatic heterocycles. The van der Waals surface area contributed by atoms with Gasteiger partial charge in [0.1, 0.15) is 11.4 Å². The first kappa shape index (κ1) is 19.4. The highest BCUT2D eigenvalue weighted by Gasteiger charge is 2.25. The number of nitrogens with one attached hydrogen (secondary N) is 2. The highest BCUT2D eigenvalue weighted by atomic mass is 16.2. The van der Waals surface area contributed by atoms with Crippen molar-refractivity contribution in [2.45, 2.75) is 115 Å². The third-order valence-electron chi connectivity index (χ3n) is 6.32. The van der Waals surface area contributed by atoms with Crippen molar-refractivity contribution in [3.05, 3.63) is 20.4 Å². The second-order valence-electron chi connectivity index (χ2n) is 8.49. The van der Waals surface area contributed by atoms with Crippen LogP contribution in [0.5, 0.6) is 0 Å². The van der Waals surface area contributed by atoms with E-state index in [9.17, 15) is 9.59 Å². The summed E-state index contributed by atoms with van der Waals surface area (Å²) in [7, 11) is 0. The Bertz CT molecular complexity index is 544. The van der Waals surface area contributed by atoms with E-state index in [2.05, 4.69) is 10.6 Å². The van der Waals surface area contributed by atoms with Crippen LogP contribution in [0.3, 0.4) is 0 Å². The van der Waals surface area contributed by atoms with E-state index >= 15 is 0 Å². The molecule has 0 aliphatic heterocycles. The van der Waals surface area contributed by atoms with Gasteiger partial charge >= 0.3 is 0 Å². The van der Waals surface area contributed by atoms with Gasteiger partial charge in [0.25, 0.3) is 10.9 Å². The van der Waals surface area contributed by atoms with Crippen LogP contribution in [0.4, 0.5) is 11.4 Å². The van der Waals surface area contributed by atoms with Crippen molar-refractivity contribution in [3.8, 4) is 0 Å². The summed E-state index contributed by atoms with van der Waals surface area (Å²) in [5.74, 6) is 0. The first-order valence-corrected chi connectivity index (χ1v) is 11.1. The van der Waals surface area contributed by atoms with Crippen molar-refractivity contribution in [2.24, 2.45) is 0 Å². The van der Waals surface area contributed by atoms with Gasteiger partial charge in [0, 0.05) is 12.1 Å². The summed E-state index contributed by atoms with van der Waals surface area (Å²) in [6, 6.07) is 0.690. The first-order valence-electron chi connectivity index (χ1n) is 11.1. The van der Waals surface area contributed by atoms with E-state index in [1.165, 1.54) is 77.0 Å². The highest BCUT2D eigenvalue weighted by Crippen LogP contribution is 2.25. The number of hydrogen-bond acceptors (Lipinski definition) is 4. The largest absolute Gasteiger partial charge is 0.377 e. The average Bonchev–Trinajstić information content (AvgIpc) is 2.87. The van der Waals surface area contributed by atoms with Gasteiger partial charge in [0.2, 0.25) is 0 Å². The molecule has 1 aromatic rings. The molecule has 0 spiro atoms. The lowest BCUT2D eigenvalue weighted by atomic mass is 10.0. The zero-order valence-corrected chi connectivity index (χ0v) is 16.3. The molecule has 4 heteroatoms. The van der Waals surface area contributed by atoms with Crippen molar-refractivity contribution >= 4 is 11.4 Å². The van der Waals surface area contributed by atoms with Crippen LogP contribution < -0.4 is 21.5 Å². The Morgan fingerprint density at radius 1 is 0.462 bits per heavy atom. The van der Waals surface area contributed by atoms with E-state index in [1.54, 1.807) is 0 Å². The van der Waals surface area contributed by atoms with Gasteiger partial charge in [-0.3, -0.25) is 9.59 Å². The van der Waals surface area contributed by atoms with Crippen molar-refractivity contribution in [1.82, 2.24) is 0 Å². The second kappa shape index (κ2) is 10.1. The molecule has 2 N–H and O–H groups in total. The lowest BCUT2D eigenvalue weighted by Crippen LogP contribution is -2.41. The molecule has 0 amide bonds. The fourth-order valence-electron chi connectivity index (χ4n) is 4.63. The summed E-state index contributed by atoms with van der Waals surface area (Å²) in [5, 5.41) is 6.92. The van der Waals surface area contributed by atoms with Crippen molar-refractivity contribution in [1.29, 1.82) is 0 Å². The van der Waals surface area contributed by atoms with Gasteiger partial charge in [-0.2, -0.15) is 0 Å². The normalized spacial score (nSPS) is 22.5. The summed E-state index contributed by atoms with van der Waals surface area (Å²) in [4.78, 5) is 24.4. The Morgan fingerprint density at radius 3 is 1.04 bits per heavy atom. The van der Waals surface area contributed by atoms with E-state index in [-0.39, 0.29) is 10.9 Å². The highest BCUT2D eigenvalue weighted by molar-refractivity contribution is 5.74. The van der Waals surface area contributed by atoms with Gasteiger partial charge in [0.05, 0.1) is 0 Å². The van der Waals surface area contributed by atoms with E-state index in [4.69, 9.17) is 0 Å². The molecule has 0 saturated heterocycles. The maximum atomic E-state index is 12.2. The Morgan fingerprint density at radius 2 is 0.731 bits per heavy atom. The quantitative estimate of drug-likeness (QED) is 0.732. The van der Waals surface area contributed by atoms with Gasteiger partial charge in [-0.15, -0.1) is 0 Å². The van der Waals surface area contributed by atoms with E-state index < -0.39 is 0 Å². The minimum absolute atomic E-state index is 0.310. The average molecular weight is 361 g/mol. The van der Waals surface area contributed by atoms with E-state index in [0.29, 0.717) is 23.5 Å². The predicted molar refractivity (Wildman–Crippen MR) is 110 cm³/mol. The maximum Gasteiger partial charge on any atom is 0.253 e. The molecule has 4 nitrogen and oxygen atoms in total. The van der Waals surface area contributed by atoms with Crippen LogP contribution in [0, 0.1) is 0 Å². The van der Waals surface area contributed by atoms with Crippen LogP contribution >= 0.6 is 0 Å². The third kappa shape index (κ3) is 5.34. The zero-order valence-electron chi connectivity index (χ0n) is 16.3. The predicted octanol–water partition coefficient (Wildman–Crippen LogP) is 5.11. The number of hydrogen-bond donors (Lipinski definition) is 2. The molecule has 2 aliphatic rings. The third-order valence-corrected chi connectivity index (χ3v) is 6.32. The lowest BCUT2D eigenvalue weighted by Gasteiger charge is -2.25. The molecule has 0 unspecified atom stereocenters. The molecule has 0 heterocycles. The molecule has 2 saturated carbocycles. The van der Waals surface area contributed by atoms with Crippen LogP contribution in [-0.2, 0) is 0 Å². The lowest BCUT2D eigenvalue weighted by molar-refractivity contribution is 0.557. The van der Waals surface area contributed by atoms with Crippen molar-refractivity contribution in [3.63, 3.8) is 0 Å². The molecule has 1 aromatic carbocycles. The van der Waals surface area contributed by atoms with Crippen LogP contribution in [0.15, 0.2) is 9.59 Å². The molecule has 0 atom stereocenters. The van der Waals surface area contributed by atoms with Crippen LogP contribution in [0.2, 0.25) is 0 Å². The van der Waals surface area contributed by atoms with Gasteiger partial charge in [-0.25, -0.2) is 0 Å². The molecule has 3 rings (SSSR count). The van der Waals surface area contributed by atoms with Crippen molar-refractivity contribution < 1.29 is 0 Å². The molecule has 0 radical (unpaired) electrons. The number of rotatable bonds is 4. The Balaban J connectivity index is 1.62. The minimum Gasteiger partial charge on any atom is -0.377 e. The summed E-state index contributed by atoms with van der Waals surface area (Å²) in [6.45, 7) is 0. The fourth-order valence-corrected chi connectivity index (χ4v) is 4.63. The molecule has 2 fully saturated rings. The van der Waals surface area contributed by atoms with Crippen LogP contribution in [-0.4, -0.2) is 12.1 Å². The van der Waals surface area contributed by atoms with Crippen molar-refractivity contribution in [2.75, 3.05) is 10.6 Å². The smallest absolute Gasteiger partial charge is 0.253 e.